The van der Waals surface area contributed by atoms with Gasteiger partial charge in [-0.2, -0.15) is 0 Å². The Kier molecular flexibility index (Phi) is 4.89. The van der Waals surface area contributed by atoms with Crippen LogP contribution in [0, 0.1) is 0 Å². The van der Waals surface area contributed by atoms with Gasteiger partial charge in [0, 0.05) is 24.8 Å². The molecule has 2 aromatic heterocycles. The zero-order chi connectivity index (χ0) is 13.5. The lowest BCUT2D eigenvalue weighted by Gasteiger charge is -1.97. The van der Waals surface area contributed by atoms with Gasteiger partial charge in [0.2, 0.25) is 0 Å². The second-order valence-corrected chi connectivity index (χ2v) is 4.35. The van der Waals surface area contributed by atoms with Gasteiger partial charge in [-0.05, 0) is 30.3 Å². The molecule has 0 atom stereocenters. The molecular formula is C13H10Cl2N4. The van der Waals surface area contributed by atoms with Crippen LogP contribution in [-0.2, 0) is 0 Å². The van der Waals surface area contributed by atoms with Crippen LogP contribution in [0.15, 0.2) is 53.9 Å². The second-order valence-electron chi connectivity index (χ2n) is 3.48. The largest absolute Gasteiger partial charge is 0.347 e. The Bertz CT molecular complexity index is 577. The molecule has 0 aliphatic carbocycles. The lowest BCUT2D eigenvalue weighted by molar-refractivity contribution is 1.28. The first-order chi connectivity index (χ1) is 9.24. The third-order valence-corrected chi connectivity index (χ3v) is 2.51. The maximum Gasteiger partial charge on any atom is 0.151 e. The topological polar surface area (TPSA) is 50.2 Å². The van der Waals surface area contributed by atoms with E-state index in [1.807, 2.05) is 0 Å². The number of halogens is 2. The number of nitrogens with one attached hydrogen (secondary N) is 1. The summed E-state index contributed by atoms with van der Waals surface area (Å²) in [5.74, 6) is 1.30. The molecule has 0 aliphatic rings. The van der Waals surface area contributed by atoms with E-state index in [0.717, 1.165) is 0 Å². The number of rotatable bonds is 4. The molecule has 2 heterocycles. The molecule has 96 valence electrons. The third-order valence-electron chi connectivity index (χ3n) is 2.06. The van der Waals surface area contributed by atoms with Gasteiger partial charge in [0.05, 0.1) is 10.0 Å². The van der Waals surface area contributed by atoms with Crippen molar-refractivity contribution in [2.75, 3.05) is 5.32 Å². The average Bonchev–Trinajstić information content (AvgIpc) is 2.43. The summed E-state index contributed by atoms with van der Waals surface area (Å²) in [6, 6.07) is 7.02. The molecule has 0 aromatic carbocycles. The molecule has 0 unspecified atom stereocenters. The maximum absolute atomic E-state index is 5.73. The Morgan fingerprint density at radius 1 is 1.00 bits per heavy atom. The molecule has 0 saturated carbocycles. The SMILES string of the molecule is Clc1ccc(N=C/C=C\Nc2ccc(Cl)cn2)nc1. The van der Waals surface area contributed by atoms with Gasteiger partial charge in [0.1, 0.15) is 5.82 Å². The summed E-state index contributed by atoms with van der Waals surface area (Å²) < 4.78 is 0. The van der Waals surface area contributed by atoms with Crippen LogP contribution in [0.3, 0.4) is 0 Å². The highest BCUT2D eigenvalue weighted by molar-refractivity contribution is 6.30. The van der Waals surface area contributed by atoms with Crippen molar-refractivity contribution >= 4 is 41.1 Å². The van der Waals surface area contributed by atoms with Crippen molar-refractivity contribution in [3.05, 3.63) is 59.0 Å². The van der Waals surface area contributed by atoms with E-state index in [0.29, 0.717) is 21.7 Å². The number of hydrogen-bond acceptors (Lipinski definition) is 4. The first kappa shape index (κ1) is 13.5. The van der Waals surface area contributed by atoms with Gasteiger partial charge in [0.15, 0.2) is 5.82 Å². The fourth-order valence-corrected chi connectivity index (χ4v) is 1.43. The van der Waals surface area contributed by atoms with E-state index in [2.05, 4.69) is 20.3 Å². The van der Waals surface area contributed by atoms with E-state index in [1.54, 1.807) is 55.1 Å². The van der Waals surface area contributed by atoms with Crippen molar-refractivity contribution in [1.29, 1.82) is 0 Å². The van der Waals surface area contributed by atoms with Gasteiger partial charge in [-0.1, -0.05) is 23.2 Å². The quantitative estimate of drug-likeness (QED) is 0.863. The van der Waals surface area contributed by atoms with Crippen LogP contribution < -0.4 is 5.32 Å². The summed E-state index contributed by atoms with van der Waals surface area (Å²) in [5.41, 5.74) is 0. The fraction of sp³-hybridized carbons (Fsp3) is 0. The molecular weight excluding hydrogens is 283 g/mol. The fourth-order valence-electron chi connectivity index (χ4n) is 1.20. The number of hydrogen-bond donors (Lipinski definition) is 1. The normalized spacial score (nSPS) is 11.3. The number of anilines is 1. The summed E-state index contributed by atoms with van der Waals surface area (Å²) in [6.07, 6.45) is 8.21. The molecule has 0 radical (unpaired) electrons. The van der Waals surface area contributed by atoms with Gasteiger partial charge < -0.3 is 5.32 Å². The lowest BCUT2D eigenvalue weighted by atomic mass is 10.4. The molecule has 0 bridgehead atoms. The Labute approximate surface area is 120 Å². The van der Waals surface area contributed by atoms with Crippen LogP contribution >= 0.6 is 23.2 Å². The molecule has 1 N–H and O–H groups in total. The van der Waals surface area contributed by atoms with Crippen molar-refractivity contribution in [2.45, 2.75) is 0 Å². The monoisotopic (exact) mass is 292 g/mol. The van der Waals surface area contributed by atoms with Crippen molar-refractivity contribution in [3.8, 4) is 0 Å². The summed E-state index contributed by atoms with van der Waals surface area (Å²) >= 11 is 11.4. The Balaban J connectivity index is 1.86. The van der Waals surface area contributed by atoms with E-state index in [1.165, 1.54) is 0 Å². The van der Waals surface area contributed by atoms with Gasteiger partial charge in [-0.25, -0.2) is 15.0 Å². The number of allylic oxidation sites excluding steroid dienone is 1. The smallest absolute Gasteiger partial charge is 0.151 e. The molecule has 0 spiro atoms. The van der Waals surface area contributed by atoms with E-state index in [4.69, 9.17) is 23.2 Å². The minimum absolute atomic E-state index is 0.588. The summed E-state index contributed by atoms with van der Waals surface area (Å²) in [4.78, 5) is 12.2. The Morgan fingerprint density at radius 3 is 2.37 bits per heavy atom. The van der Waals surface area contributed by atoms with E-state index in [-0.39, 0.29) is 0 Å². The Hall–Kier alpha value is -1.91. The molecule has 0 amide bonds. The first-order valence-corrected chi connectivity index (χ1v) is 6.18. The lowest BCUT2D eigenvalue weighted by Crippen LogP contribution is -1.89. The second kappa shape index (κ2) is 6.87. The van der Waals surface area contributed by atoms with Gasteiger partial charge in [-0.15, -0.1) is 0 Å². The molecule has 4 nitrogen and oxygen atoms in total. The van der Waals surface area contributed by atoms with E-state index in [9.17, 15) is 0 Å². The summed E-state index contributed by atoms with van der Waals surface area (Å²) in [5, 5.41) is 4.17. The van der Waals surface area contributed by atoms with Crippen LogP contribution in [0.5, 0.6) is 0 Å². The average molecular weight is 293 g/mol. The van der Waals surface area contributed by atoms with Crippen LogP contribution in [0.1, 0.15) is 0 Å². The maximum atomic E-state index is 5.73. The zero-order valence-electron chi connectivity index (χ0n) is 9.79. The highest BCUT2D eigenvalue weighted by Gasteiger charge is 1.90. The van der Waals surface area contributed by atoms with E-state index >= 15 is 0 Å². The van der Waals surface area contributed by atoms with Gasteiger partial charge in [0.25, 0.3) is 0 Å². The van der Waals surface area contributed by atoms with Crippen LogP contribution in [0.25, 0.3) is 0 Å². The zero-order valence-corrected chi connectivity index (χ0v) is 11.3. The molecule has 0 saturated heterocycles. The van der Waals surface area contributed by atoms with E-state index < -0.39 is 0 Å². The van der Waals surface area contributed by atoms with Crippen LogP contribution in [0.4, 0.5) is 11.6 Å². The van der Waals surface area contributed by atoms with Crippen molar-refractivity contribution < 1.29 is 0 Å². The molecule has 6 heteroatoms. The number of pyridine rings is 2. The highest BCUT2D eigenvalue weighted by atomic mass is 35.5. The minimum Gasteiger partial charge on any atom is -0.347 e. The van der Waals surface area contributed by atoms with Gasteiger partial charge in [-0.3, -0.25) is 0 Å². The molecule has 2 rings (SSSR count). The van der Waals surface area contributed by atoms with Crippen molar-refractivity contribution in [1.82, 2.24) is 9.97 Å². The Morgan fingerprint density at radius 2 is 1.74 bits per heavy atom. The number of aromatic nitrogens is 2. The number of nitrogens with zero attached hydrogens (tertiary/aromatic N) is 3. The number of aliphatic imine (C=N–C) groups is 1. The highest BCUT2D eigenvalue weighted by Crippen LogP contribution is 2.11. The predicted molar refractivity (Wildman–Crippen MR) is 79.4 cm³/mol. The third kappa shape index (κ3) is 4.69. The summed E-state index contributed by atoms with van der Waals surface area (Å²) in [7, 11) is 0. The standard InChI is InChI=1S/C13H10Cl2N4/c14-10-2-4-12(18-8-10)16-6-1-7-17-13-5-3-11(15)9-19-13/h1-9H,(H,16,18)/b6-1-,17-7?. The van der Waals surface area contributed by atoms with Crippen molar-refractivity contribution in [2.24, 2.45) is 4.99 Å². The predicted octanol–water partition coefficient (Wildman–Crippen LogP) is 4.11. The molecule has 0 aliphatic heterocycles. The molecule has 2 aromatic rings. The summed E-state index contributed by atoms with van der Waals surface area (Å²) in [6.45, 7) is 0. The molecule has 19 heavy (non-hydrogen) atoms. The van der Waals surface area contributed by atoms with Crippen LogP contribution in [0.2, 0.25) is 10.0 Å². The van der Waals surface area contributed by atoms with Crippen molar-refractivity contribution in [3.63, 3.8) is 0 Å². The molecule has 0 fully saturated rings. The minimum atomic E-state index is 0.588. The van der Waals surface area contributed by atoms with Gasteiger partial charge >= 0.3 is 0 Å². The first-order valence-electron chi connectivity index (χ1n) is 5.43. The van der Waals surface area contributed by atoms with Crippen LogP contribution in [-0.4, -0.2) is 16.2 Å².